The van der Waals surface area contributed by atoms with Crippen LogP contribution in [0.1, 0.15) is 25.8 Å². The van der Waals surface area contributed by atoms with E-state index in [-0.39, 0.29) is 11.8 Å². The summed E-state index contributed by atoms with van der Waals surface area (Å²) in [7, 11) is 0. The maximum absolute atomic E-state index is 12.4. The first-order valence-corrected chi connectivity index (χ1v) is 9.01. The summed E-state index contributed by atoms with van der Waals surface area (Å²) < 4.78 is 0. The molecule has 2 amide bonds. The first kappa shape index (κ1) is 19.1. The number of amides is 2. The lowest BCUT2D eigenvalue weighted by molar-refractivity contribution is -0.132. The molecule has 2 heterocycles. The van der Waals surface area contributed by atoms with Crippen molar-refractivity contribution in [2.24, 2.45) is 0 Å². The summed E-state index contributed by atoms with van der Waals surface area (Å²) >= 11 is 0. The number of rotatable bonds is 6. The maximum atomic E-state index is 12.4. The molecule has 136 valence electrons. The lowest BCUT2D eigenvalue weighted by atomic mass is 10.2. The number of nitrogens with zero attached hydrogens (tertiary/aromatic N) is 4. The minimum absolute atomic E-state index is 0.0220. The number of hydrogen-bond acceptors (Lipinski definition) is 4. The van der Waals surface area contributed by atoms with Crippen LogP contribution in [0.4, 0.5) is 0 Å². The third kappa shape index (κ3) is 5.98. The quantitative estimate of drug-likeness (QED) is 0.734. The fraction of sp³-hybridized carbons (Fsp3) is 0.526. The number of carbonyl (C=O) groups excluding carboxylic acids is 2. The average molecular weight is 344 g/mol. The fourth-order valence-electron chi connectivity index (χ4n) is 2.96. The van der Waals surface area contributed by atoms with Crippen LogP contribution in [0.25, 0.3) is 6.08 Å². The van der Waals surface area contributed by atoms with Gasteiger partial charge >= 0.3 is 0 Å². The Balaban J connectivity index is 1.85. The van der Waals surface area contributed by atoms with Crippen molar-refractivity contribution in [3.05, 3.63) is 36.2 Å². The molecule has 0 aromatic carbocycles. The SMILES string of the molecule is CCN(CC)C(=O)CN1CCCN(C(=O)/C=C/c2ccncc2)CC1. The van der Waals surface area contributed by atoms with E-state index in [9.17, 15) is 9.59 Å². The zero-order chi connectivity index (χ0) is 18.1. The Hall–Kier alpha value is -2.21. The zero-order valence-corrected chi connectivity index (χ0v) is 15.2. The highest BCUT2D eigenvalue weighted by atomic mass is 16.2. The van der Waals surface area contributed by atoms with Crippen LogP contribution in [-0.2, 0) is 9.59 Å². The topological polar surface area (TPSA) is 56.8 Å². The standard InChI is InChI=1S/C19H28N4O2/c1-3-22(4-2)19(25)16-21-12-5-13-23(15-14-21)18(24)7-6-17-8-10-20-11-9-17/h6-11H,3-5,12-16H2,1-2H3/b7-6+. The predicted molar refractivity (Wildman–Crippen MR) is 98.8 cm³/mol. The van der Waals surface area contributed by atoms with Gasteiger partial charge in [-0.25, -0.2) is 0 Å². The first-order valence-electron chi connectivity index (χ1n) is 9.01. The molecule has 0 spiro atoms. The molecule has 1 saturated heterocycles. The second-order valence-corrected chi connectivity index (χ2v) is 6.13. The van der Waals surface area contributed by atoms with Crippen molar-refractivity contribution in [1.29, 1.82) is 0 Å². The molecule has 1 aromatic heterocycles. The molecule has 0 saturated carbocycles. The summed E-state index contributed by atoms with van der Waals surface area (Å²) in [6.07, 6.45) is 7.74. The van der Waals surface area contributed by atoms with E-state index in [0.29, 0.717) is 13.1 Å². The largest absolute Gasteiger partial charge is 0.342 e. The smallest absolute Gasteiger partial charge is 0.246 e. The zero-order valence-electron chi connectivity index (χ0n) is 15.2. The van der Waals surface area contributed by atoms with E-state index in [1.165, 1.54) is 0 Å². The van der Waals surface area contributed by atoms with Crippen LogP contribution in [0.3, 0.4) is 0 Å². The molecule has 0 bridgehead atoms. The maximum Gasteiger partial charge on any atom is 0.246 e. The van der Waals surface area contributed by atoms with Crippen molar-refractivity contribution < 1.29 is 9.59 Å². The van der Waals surface area contributed by atoms with Crippen LogP contribution < -0.4 is 0 Å². The Labute approximate surface area is 150 Å². The minimum Gasteiger partial charge on any atom is -0.342 e. The molecule has 25 heavy (non-hydrogen) atoms. The molecule has 1 fully saturated rings. The highest BCUT2D eigenvalue weighted by Gasteiger charge is 2.20. The van der Waals surface area contributed by atoms with Crippen LogP contribution in [0.5, 0.6) is 0 Å². The fourth-order valence-corrected chi connectivity index (χ4v) is 2.96. The van der Waals surface area contributed by atoms with Crippen LogP contribution in [0.15, 0.2) is 30.6 Å². The minimum atomic E-state index is 0.0220. The number of pyridine rings is 1. The number of likely N-dealkylation sites (N-methyl/N-ethyl adjacent to an activating group) is 1. The summed E-state index contributed by atoms with van der Waals surface area (Å²) in [4.78, 5) is 34.5. The van der Waals surface area contributed by atoms with Gasteiger partial charge in [-0.15, -0.1) is 0 Å². The van der Waals surface area contributed by atoms with Gasteiger partial charge in [-0.2, -0.15) is 0 Å². The van der Waals surface area contributed by atoms with Crippen molar-refractivity contribution in [1.82, 2.24) is 19.7 Å². The van der Waals surface area contributed by atoms with E-state index >= 15 is 0 Å². The molecule has 6 heteroatoms. The molecular weight excluding hydrogens is 316 g/mol. The number of hydrogen-bond donors (Lipinski definition) is 0. The van der Waals surface area contributed by atoms with Crippen molar-refractivity contribution >= 4 is 17.9 Å². The molecule has 0 unspecified atom stereocenters. The van der Waals surface area contributed by atoms with E-state index in [0.717, 1.165) is 44.7 Å². The van der Waals surface area contributed by atoms with Gasteiger partial charge in [0.2, 0.25) is 11.8 Å². The highest BCUT2D eigenvalue weighted by molar-refractivity contribution is 5.91. The Morgan fingerprint density at radius 2 is 1.84 bits per heavy atom. The van der Waals surface area contributed by atoms with Gasteiger partial charge in [0, 0.05) is 57.7 Å². The molecule has 1 aromatic rings. The molecule has 1 aliphatic rings. The number of aromatic nitrogens is 1. The van der Waals surface area contributed by atoms with Crippen molar-refractivity contribution in [3.63, 3.8) is 0 Å². The average Bonchev–Trinajstić information content (AvgIpc) is 2.87. The summed E-state index contributed by atoms with van der Waals surface area (Å²) in [5, 5.41) is 0. The Bertz CT molecular complexity index is 584. The molecule has 0 atom stereocenters. The van der Waals surface area contributed by atoms with Crippen LogP contribution in [0.2, 0.25) is 0 Å². The molecule has 6 nitrogen and oxygen atoms in total. The molecular formula is C19H28N4O2. The summed E-state index contributed by atoms with van der Waals surface area (Å²) in [5.41, 5.74) is 0.963. The third-order valence-corrected chi connectivity index (χ3v) is 4.50. The number of carbonyl (C=O) groups is 2. The molecule has 1 aliphatic heterocycles. The molecule has 0 radical (unpaired) electrons. The Morgan fingerprint density at radius 3 is 2.52 bits per heavy atom. The van der Waals surface area contributed by atoms with Gasteiger partial charge in [0.25, 0.3) is 0 Å². The predicted octanol–water partition coefficient (Wildman–Crippen LogP) is 1.50. The lowest BCUT2D eigenvalue weighted by Crippen LogP contribution is -2.41. The van der Waals surface area contributed by atoms with Gasteiger partial charge in [0.1, 0.15) is 0 Å². The van der Waals surface area contributed by atoms with E-state index in [4.69, 9.17) is 0 Å². The van der Waals surface area contributed by atoms with Gasteiger partial charge in [0.05, 0.1) is 6.54 Å². The first-order chi connectivity index (χ1) is 12.1. The monoisotopic (exact) mass is 344 g/mol. The van der Waals surface area contributed by atoms with Gasteiger partial charge in [-0.1, -0.05) is 0 Å². The van der Waals surface area contributed by atoms with E-state index in [2.05, 4.69) is 9.88 Å². The van der Waals surface area contributed by atoms with Gasteiger partial charge in [-0.05, 0) is 44.0 Å². The lowest BCUT2D eigenvalue weighted by Gasteiger charge is -2.25. The van der Waals surface area contributed by atoms with Gasteiger partial charge < -0.3 is 9.80 Å². The Kier molecular flexibility index (Phi) is 7.60. The molecule has 0 aliphatic carbocycles. The van der Waals surface area contributed by atoms with E-state index in [1.807, 2.05) is 41.9 Å². The molecule has 0 N–H and O–H groups in total. The van der Waals surface area contributed by atoms with E-state index in [1.54, 1.807) is 18.5 Å². The van der Waals surface area contributed by atoms with Crippen LogP contribution in [0, 0.1) is 0 Å². The third-order valence-electron chi connectivity index (χ3n) is 4.50. The van der Waals surface area contributed by atoms with Gasteiger partial charge in [-0.3, -0.25) is 19.5 Å². The Morgan fingerprint density at radius 1 is 1.12 bits per heavy atom. The highest BCUT2D eigenvalue weighted by Crippen LogP contribution is 2.06. The van der Waals surface area contributed by atoms with Crippen molar-refractivity contribution in [2.75, 3.05) is 45.8 Å². The summed E-state index contributed by atoms with van der Waals surface area (Å²) in [6, 6.07) is 3.74. The normalized spacial score (nSPS) is 16.0. The van der Waals surface area contributed by atoms with Gasteiger partial charge in [0.15, 0.2) is 0 Å². The second kappa shape index (κ2) is 9.93. The second-order valence-electron chi connectivity index (χ2n) is 6.13. The van der Waals surface area contributed by atoms with Crippen molar-refractivity contribution in [3.8, 4) is 0 Å². The van der Waals surface area contributed by atoms with Crippen LogP contribution >= 0.6 is 0 Å². The van der Waals surface area contributed by atoms with Crippen molar-refractivity contribution in [2.45, 2.75) is 20.3 Å². The summed E-state index contributed by atoms with van der Waals surface area (Å²) in [5.74, 6) is 0.191. The molecule has 2 rings (SSSR count). The van der Waals surface area contributed by atoms with Crippen LogP contribution in [-0.4, -0.2) is 77.3 Å². The van der Waals surface area contributed by atoms with E-state index < -0.39 is 0 Å². The summed E-state index contributed by atoms with van der Waals surface area (Å²) in [6.45, 7) is 8.91.